The first-order valence-corrected chi connectivity index (χ1v) is 14.1. The smallest absolute Gasteiger partial charge is 0.416 e. The van der Waals surface area contributed by atoms with Crippen molar-refractivity contribution in [2.45, 2.75) is 32.5 Å². The number of nitrogens with zero attached hydrogens (tertiary/aromatic N) is 4. The molecule has 0 aliphatic carbocycles. The third kappa shape index (κ3) is 4.76. The molecule has 1 saturated heterocycles. The van der Waals surface area contributed by atoms with Crippen molar-refractivity contribution < 1.29 is 32.2 Å². The molecule has 0 N–H and O–H groups in total. The molecule has 2 atom stereocenters. The maximum absolute atomic E-state index is 14.5. The molecule has 6 rings (SSSR count). The number of esters is 1. The lowest BCUT2D eigenvalue weighted by molar-refractivity contribution is -0.137. The van der Waals surface area contributed by atoms with E-state index in [0.29, 0.717) is 47.8 Å². The monoisotopic (exact) mass is 592 g/mol. The zero-order valence-electron chi connectivity index (χ0n) is 24.0. The van der Waals surface area contributed by atoms with E-state index in [4.69, 9.17) is 9.47 Å². The number of halogens is 3. The predicted molar refractivity (Wildman–Crippen MR) is 157 cm³/mol. The van der Waals surface area contributed by atoms with Gasteiger partial charge in [0.25, 0.3) is 5.91 Å². The highest BCUT2D eigenvalue weighted by molar-refractivity contribution is 6.20. The van der Waals surface area contributed by atoms with Gasteiger partial charge in [-0.25, -0.2) is 4.79 Å². The molecule has 0 bridgehead atoms. The largest absolute Gasteiger partial charge is 0.497 e. The Bertz CT molecular complexity index is 1590. The van der Waals surface area contributed by atoms with Crippen LogP contribution in [-0.4, -0.2) is 57.0 Å². The maximum atomic E-state index is 14.5. The van der Waals surface area contributed by atoms with Gasteiger partial charge in [-0.2, -0.15) is 23.3 Å². The summed E-state index contributed by atoms with van der Waals surface area (Å²) < 4.78 is 51.7. The lowest BCUT2D eigenvalue weighted by Crippen LogP contribution is -2.67. The van der Waals surface area contributed by atoms with Crippen molar-refractivity contribution in [3.05, 3.63) is 83.4 Å². The minimum Gasteiger partial charge on any atom is -0.497 e. The van der Waals surface area contributed by atoms with Gasteiger partial charge in [0, 0.05) is 31.0 Å². The first-order valence-electron chi connectivity index (χ1n) is 14.1. The Morgan fingerprint density at radius 2 is 1.72 bits per heavy atom. The predicted octanol–water partition coefficient (Wildman–Crippen LogP) is 5.55. The molecule has 43 heavy (non-hydrogen) atoms. The molecule has 2 unspecified atom stereocenters. The molecule has 3 aromatic rings. The summed E-state index contributed by atoms with van der Waals surface area (Å²) in [6.07, 6.45) is -4.43. The van der Waals surface area contributed by atoms with E-state index in [2.05, 4.69) is 14.9 Å². The van der Waals surface area contributed by atoms with Gasteiger partial charge in [0.05, 0.1) is 42.3 Å². The first-order chi connectivity index (χ1) is 20.6. The highest BCUT2D eigenvalue weighted by atomic mass is 19.4. The number of rotatable bonds is 5. The van der Waals surface area contributed by atoms with Gasteiger partial charge < -0.3 is 19.3 Å². The van der Waals surface area contributed by atoms with Crippen LogP contribution >= 0.6 is 0 Å². The van der Waals surface area contributed by atoms with E-state index in [1.807, 2.05) is 24.3 Å². The molecule has 8 nitrogen and oxygen atoms in total. The SMILES string of the molecule is CCOC(=O)c1ccc(N2N=C(C)C3(Cc4cc(C(F)(F)F)ccc4N4CCN(c5ccc(OC)cc5)CC43)C2=O)cc1. The van der Waals surface area contributed by atoms with Crippen molar-refractivity contribution in [1.29, 1.82) is 0 Å². The van der Waals surface area contributed by atoms with Crippen LogP contribution in [-0.2, 0) is 22.1 Å². The highest BCUT2D eigenvalue weighted by Crippen LogP contribution is 2.49. The number of anilines is 3. The number of fused-ring (bicyclic) bond motifs is 4. The Morgan fingerprint density at radius 3 is 2.37 bits per heavy atom. The van der Waals surface area contributed by atoms with Crippen LogP contribution in [0.4, 0.5) is 30.2 Å². The number of alkyl halides is 3. The Kier molecular flexibility index (Phi) is 7.06. The van der Waals surface area contributed by atoms with Crippen LogP contribution in [0.5, 0.6) is 5.75 Å². The first kappa shape index (κ1) is 28.6. The molecule has 3 heterocycles. The molecule has 0 aromatic heterocycles. The molecule has 0 saturated carbocycles. The minimum atomic E-state index is -4.51. The summed E-state index contributed by atoms with van der Waals surface area (Å²) in [7, 11) is 1.60. The van der Waals surface area contributed by atoms with E-state index < -0.39 is 29.2 Å². The molecule has 3 aliphatic rings. The van der Waals surface area contributed by atoms with Gasteiger partial charge in [-0.1, -0.05) is 0 Å². The number of hydrazone groups is 1. The number of carbonyl (C=O) groups excluding carboxylic acids is 2. The summed E-state index contributed by atoms with van der Waals surface area (Å²) in [6.45, 7) is 5.31. The normalized spacial score (nSPS) is 21.4. The van der Waals surface area contributed by atoms with Gasteiger partial charge in [0.15, 0.2) is 0 Å². The summed E-state index contributed by atoms with van der Waals surface area (Å²) >= 11 is 0. The second-order valence-electron chi connectivity index (χ2n) is 10.9. The fourth-order valence-corrected chi connectivity index (χ4v) is 6.47. The number of amides is 1. The van der Waals surface area contributed by atoms with E-state index in [1.54, 1.807) is 45.2 Å². The number of methoxy groups -OCH3 is 1. The number of hydrogen-bond acceptors (Lipinski definition) is 7. The number of ether oxygens (including phenoxy) is 2. The molecule has 3 aliphatic heterocycles. The van der Waals surface area contributed by atoms with Crippen LogP contribution in [0.2, 0.25) is 0 Å². The molecule has 0 radical (unpaired) electrons. The van der Waals surface area contributed by atoms with Gasteiger partial charge in [0.2, 0.25) is 0 Å². The van der Waals surface area contributed by atoms with Crippen molar-refractivity contribution >= 4 is 34.7 Å². The topological polar surface area (TPSA) is 74.7 Å². The molecular formula is C32H31F3N4O4. The average Bonchev–Trinajstić information content (AvgIpc) is 3.26. The summed E-state index contributed by atoms with van der Waals surface area (Å²) in [5, 5.41) is 6.00. The van der Waals surface area contributed by atoms with Crippen LogP contribution in [0, 0.1) is 5.41 Å². The Hall–Kier alpha value is -4.54. The van der Waals surface area contributed by atoms with Crippen molar-refractivity contribution in [3.8, 4) is 5.75 Å². The molecule has 3 aromatic carbocycles. The molecule has 224 valence electrons. The summed E-state index contributed by atoms with van der Waals surface area (Å²) in [5.41, 5.74) is 1.50. The van der Waals surface area contributed by atoms with Crippen LogP contribution in [0.25, 0.3) is 0 Å². The summed E-state index contributed by atoms with van der Waals surface area (Å²) in [5.74, 6) is -0.0632. The average molecular weight is 593 g/mol. The molecular weight excluding hydrogens is 561 g/mol. The van der Waals surface area contributed by atoms with Crippen molar-refractivity contribution in [2.24, 2.45) is 10.5 Å². The van der Waals surface area contributed by atoms with Gasteiger partial charge in [-0.3, -0.25) is 4.79 Å². The number of piperazine rings is 1. The van der Waals surface area contributed by atoms with E-state index in [0.717, 1.165) is 17.5 Å². The van der Waals surface area contributed by atoms with Crippen LogP contribution in [0.15, 0.2) is 71.8 Å². The second kappa shape index (κ2) is 10.6. The Balaban J connectivity index is 1.40. The summed E-state index contributed by atoms with van der Waals surface area (Å²) in [6, 6.07) is 17.5. The van der Waals surface area contributed by atoms with Gasteiger partial charge in [0.1, 0.15) is 11.2 Å². The maximum Gasteiger partial charge on any atom is 0.416 e. The van der Waals surface area contributed by atoms with Crippen LogP contribution in [0.1, 0.15) is 35.3 Å². The third-order valence-electron chi connectivity index (χ3n) is 8.66. The second-order valence-corrected chi connectivity index (χ2v) is 10.9. The number of carbonyl (C=O) groups is 2. The van der Waals surface area contributed by atoms with Crippen molar-refractivity contribution in [1.82, 2.24) is 0 Å². The third-order valence-corrected chi connectivity index (χ3v) is 8.66. The lowest BCUT2D eigenvalue weighted by atomic mass is 9.67. The number of hydrogen-bond donors (Lipinski definition) is 0. The zero-order valence-corrected chi connectivity index (χ0v) is 24.0. The van der Waals surface area contributed by atoms with Crippen molar-refractivity contribution in [3.63, 3.8) is 0 Å². The minimum absolute atomic E-state index is 0.0788. The zero-order chi connectivity index (χ0) is 30.5. The summed E-state index contributed by atoms with van der Waals surface area (Å²) in [4.78, 5) is 30.9. The standard InChI is InChI=1S/C32H31F3N4O4/c1-4-43-29(40)21-5-8-25(9-6-21)39-30(41)31(20(2)36-39)18-22-17-23(32(33,34)35)7-14-27(22)38-16-15-37(19-28(31)38)24-10-12-26(42-3)13-11-24/h5-14,17,28H,4,15-16,18-19H2,1-3H3. The van der Waals surface area contributed by atoms with E-state index >= 15 is 0 Å². The molecule has 1 amide bonds. The van der Waals surface area contributed by atoms with Crippen molar-refractivity contribution in [2.75, 3.05) is 48.2 Å². The van der Waals surface area contributed by atoms with E-state index in [9.17, 15) is 22.8 Å². The fourth-order valence-electron chi connectivity index (χ4n) is 6.47. The lowest BCUT2D eigenvalue weighted by Gasteiger charge is -2.53. The van der Waals surface area contributed by atoms with Gasteiger partial charge >= 0.3 is 12.1 Å². The highest BCUT2D eigenvalue weighted by Gasteiger charge is 2.60. The Morgan fingerprint density at radius 1 is 1.02 bits per heavy atom. The van der Waals surface area contributed by atoms with E-state index in [1.165, 1.54) is 17.1 Å². The fraction of sp³-hybridized carbons (Fsp3) is 0.344. The van der Waals surface area contributed by atoms with Gasteiger partial charge in [-0.15, -0.1) is 0 Å². The van der Waals surface area contributed by atoms with Crippen LogP contribution in [0.3, 0.4) is 0 Å². The molecule has 1 fully saturated rings. The van der Waals surface area contributed by atoms with E-state index in [-0.39, 0.29) is 18.9 Å². The number of benzene rings is 3. The Labute approximate surface area is 247 Å². The quantitative estimate of drug-likeness (QED) is 0.362. The molecule has 1 spiro atoms. The molecule has 11 heteroatoms. The van der Waals surface area contributed by atoms with Crippen LogP contribution < -0.4 is 19.5 Å². The van der Waals surface area contributed by atoms with Gasteiger partial charge in [-0.05, 0) is 92.6 Å².